The van der Waals surface area contributed by atoms with E-state index in [4.69, 9.17) is 5.73 Å². The molecule has 0 aliphatic heterocycles. The number of aliphatic hydroxyl groups is 1. The van der Waals surface area contributed by atoms with Gasteiger partial charge in [0.1, 0.15) is 5.82 Å². The highest BCUT2D eigenvalue weighted by Gasteiger charge is 2.07. The lowest BCUT2D eigenvalue weighted by atomic mass is 10.1. The monoisotopic (exact) mass is 192 g/mol. The number of nitrogens with two attached hydrogens (primary N) is 1. The third kappa shape index (κ3) is 1.36. The molecule has 3 N–H and O–H groups in total. The fourth-order valence-electron chi connectivity index (χ4n) is 1.35. The topological polar surface area (TPSA) is 76.4 Å². The molecule has 14 heavy (non-hydrogen) atoms. The van der Waals surface area contributed by atoms with Crippen molar-refractivity contribution in [2.45, 2.75) is 13.0 Å². The highest BCUT2D eigenvalue weighted by atomic mass is 16.3. The van der Waals surface area contributed by atoms with Gasteiger partial charge < -0.3 is 10.8 Å². The second-order valence-corrected chi connectivity index (χ2v) is 3.19. The molecule has 0 aliphatic carbocycles. The normalized spacial score (nSPS) is 13.4. The maximum Gasteiger partial charge on any atom is 0.160 e. The summed E-state index contributed by atoms with van der Waals surface area (Å²) in [4.78, 5) is 0. The second kappa shape index (κ2) is 3.36. The van der Waals surface area contributed by atoms with Gasteiger partial charge in [0.15, 0.2) is 5.65 Å². The molecule has 2 rings (SSSR count). The van der Waals surface area contributed by atoms with Crippen molar-refractivity contribution in [3.05, 3.63) is 29.7 Å². The largest absolute Gasteiger partial charge is 0.387 e. The quantitative estimate of drug-likeness (QED) is 0.703. The number of nitrogens with zero attached hydrogens (tertiary/aromatic N) is 3. The fraction of sp³-hybridized carbons (Fsp3) is 0.333. The number of fused-ring (bicyclic) bond motifs is 1. The third-order valence-corrected chi connectivity index (χ3v) is 2.20. The van der Waals surface area contributed by atoms with Gasteiger partial charge in [0, 0.05) is 12.7 Å². The zero-order valence-corrected chi connectivity index (χ0v) is 7.88. The summed E-state index contributed by atoms with van der Waals surface area (Å²) in [6, 6.07) is 3.62. The molecule has 2 aromatic heterocycles. The van der Waals surface area contributed by atoms with Crippen LogP contribution >= 0.6 is 0 Å². The summed E-state index contributed by atoms with van der Waals surface area (Å²) < 4.78 is 1.83. The van der Waals surface area contributed by atoms with Gasteiger partial charge in [-0.1, -0.05) is 6.07 Å². The maximum atomic E-state index is 9.54. The molecule has 1 unspecified atom stereocenters. The summed E-state index contributed by atoms with van der Waals surface area (Å²) in [5.74, 6) is 0.797. The van der Waals surface area contributed by atoms with Crippen molar-refractivity contribution in [2.24, 2.45) is 5.73 Å². The lowest BCUT2D eigenvalue weighted by Crippen LogP contribution is -2.12. The summed E-state index contributed by atoms with van der Waals surface area (Å²) in [6.45, 7) is 2.07. The Balaban J connectivity index is 2.54. The molecule has 0 fully saturated rings. The maximum absolute atomic E-state index is 9.54. The molecule has 0 amide bonds. The number of aliphatic hydroxyl groups excluding tert-OH is 1. The average Bonchev–Trinajstić information content (AvgIpc) is 2.59. The van der Waals surface area contributed by atoms with Gasteiger partial charge in [-0.2, -0.15) is 0 Å². The second-order valence-electron chi connectivity index (χ2n) is 3.19. The molecule has 0 saturated heterocycles. The van der Waals surface area contributed by atoms with Gasteiger partial charge in [-0.05, 0) is 18.6 Å². The Bertz CT molecular complexity index is 451. The van der Waals surface area contributed by atoms with E-state index in [0.717, 1.165) is 17.0 Å². The fourth-order valence-corrected chi connectivity index (χ4v) is 1.35. The Hall–Kier alpha value is -1.46. The van der Waals surface area contributed by atoms with Gasteiger partial charge in [0.05, 0.1) is 6.10 Å². The van der Waals surface area contributed by atoms with Gasteiger partial charge in [0.25, 0.3) is 0 Å². The molecule has 5 nitrogen and oxygen atoms in total. The van der Waals surface area contributed by atoms with Crippen LogP contribution in [-0.4, -0.2) is 26.2 Å². The number of hydrogen-bond acceptors (Lipinski definition) is 4. The predicted octanol–water partition coefficient (Wildman–Crippen LogP) is 0.0298. The van der Waals surface area contributed by atoms with Crippen molar-refractivity contribution in [1.29, 1.82) is 0 Å². The van der Waals surface area contributed by atoms with Crippen LogP contribution in [0.5, 0.6) is 0 Å². The Kier molecular flexibility index (Phi) is 2.18. The first-order valence-corrected chi connectivity index (χ1v) is 4.42. The molecular formula is C9H12N4O. The van der Waals surface area contributed by atoms with Gasteiger partial charge in [-0.3, -0.25) is 4.40 Å². The van der Waals surface area contributed by atoms with Crippen molar-refractivity contribution >= 4 is 5.65 Å². The Labute approximate surface area is 81.2 Å². The summed E-state index contributed by atoms with van der Waals surface area (Å²) in [6.07, 6.45) is 1.18. The summed E-state index contributed by atoms with van der Waals surface area (Å²) >= 11 is 0. The first-order chi connectivity index (χ1) is 6.72. The van der Waals surface area contributed by atoms with E-state index in [1.54, 1.807) is 6.07 Å². The molecule has 74 valence electrons. The van der Waals surface area contributed by atoms with Gasteiger partial charge >= 0.3 is 0 Å². The number of aryl methyl sites for hydroxylation is 1. The molecule has 0 bridgehead atoms. The minimum atomic E-state index is -0.624. The standard InChI is InChI=1S/C9H12N4O/c1-6-11-12-9-3-2-7(5-13(6)9)8(14)4-10/h2-3,5,8,14H,4,10H2,1H3. The van der Waals surface area contributed by atoms with Crippen molar-refractivity contribution in [2.75, 3.05) is 6.54 Å². The molecule has 0 radical (unpaired) electrons. The SMILES string of the molecule is Cc1nnc2ccc(C(O)CN)cn12. The molecule has 0 saturated carbocycles. The third-order valence-electron chi connectivity index (χ3n) is 2.20. The van der Waals surface area contributed by atoms with E-state index in [2.05, 4.69) is 10.2 Å². The summed E-state index contributed by atoms with van der Waals surface area (Å²) in [5, 5.41) is 17.4. The van der Waals surface area contributed by atoms with Crippen LogP contribution in [0.2, 0.25) is 0 Å². The number of hydrogen-bond donors (Lipinski definition) is 2. The summed E-state index contributed by atoms with van der Waals surface area (Å²) in [7, 11) is 0. The molecule has 0 spiro atoms. The molecule has 0 aromatic carbocycles. The van der Waals surface area contributed by atoms with E-state index in [0.29, 0.717) is 0 Å². The van der Waals surface area contributed by atoms with Gasteiger partial charge in [-0.25, -0.2) is 0 Å². The molecular weight excluding hydrogens is 180 g/mol. The summed E-state index contributed by atoms with van der Waals surface area (Å²) in [5.41, 5.74) is 6.93. The number of rotatable bonds is 2. The molecule has 5 heteroatoms. The van der Waals surface area contributed by atoms with E-state index in [1.165, 1.54) is 0 Å². The van der Waals surface area contributed by atoms with Crippen molar-refractivity contribution in [1.82, 2.24) is 14.6 Å². The van der Waals surface area contributed by atoms with Crippen LogP contribution in [0, 0.1) is 6.92 Å². The van der Waals surface area contributed by atoms with E-state index < -0.39 is 6.10 Å². The first kappa shape index (κ1) is 9.11. The highest BCUT2D eigenvalue weighted by Crippen LogP contribution is 2.13. The van der Waals surface area contributed by atoms with E-state index in [-0.39, 0.29) is 6.54 Å². The van der Waals surface area contributed by atoms with E-state index in [9.17, 15) is 5.11 Å². The van der Waals surface area contributed by atoms with Crippen LogP contribution in [-0.2, 0) is 0 Å². The molecule has 1 atom stereocenters. The Morgan fingerprint density at radius 1 is 1.50 bits per heavy atom. The van der Waals surface area contributed by atoms with Crippen molar-refractivity contribution in [3.8, 4) is 0 Å². The van der Waals surface area contributed by atoms with E-state index in [1.807, 2.05) is 23.6 Å². The zero-order valence-electron chi connectivity index (χ0n) is 7.88. The van der Waals surface area contributed by atoms with Crippen LogP contribution in [0.25, 0.3) is 5.65 Å². The Morgan fingerprint density at radius 2 is 2.29 bits per heavy atom. The first-order valence-electron chi connectivity index (χ1n) is 4.42. The average molecular weight is 192 g/mol. The van der Waals surface area contributed by atoms with Crippen LogP contribution in [0.15, 0.2) is 18.3 Å². The Morgan fingerprint density at radius 3 is 3.00 bits per heavy atom. The smallest absolute Gasteiger partial charge is 0.160 e. The van der Waals surface area contributed by atoms with Gasteiger partial charge in [0.2, 0.25) is 0 Å². The molecule has 0 aliphatic rings. The molecule has 2 aromatic rings. The predicted molar refractivity (Wildman–Crippen MR) is 51.7 cm³/mol. The van der Waals surface area contributed by atoms with E-state index >= 15 is 0 Å². The van der Waals surface area contributed by atoms with Crippen molar-refractivity contribution < 1.29 is 5.11 Å². The van der Waals surface area contributed by atoms with Crippen LogP contribution in [0.1, 0.15) is 17.5 Å². The lowest BCUT2D eigenvalue weighted by molar-refractivity contribution is 0.186. The highest BCUT2D eigenvalue weighted by molar-refractivity contribution is 5.39. The van der Waals surface area contributed by atoms with Crippen LogP contribution in [0.4, 0.5) is 0 Å². The van der Waals surface area contributed by atoms with Crippen LogP contribution < -0.4 is 5.73 Å². The van der Waals surface area contributed by atoms with Gasteiger partial charge in [-0.15, -0.1) is 10.2 Å². The minimum absolute atomic E-state index is 0.215. The lowest BCUT2D eigenvalue weighted by Gasteiger charge is -2.07. The number of aromatic nitrogens is 3. The van der Waals surface area contributed by atoms with Crippen LogP contribution in [0.3, 0.4) is 0 Å². The van der Waals surface area contributed by atoms with Crippen molar-refractivity contribution in [3.63, 3.8) is 0 Å². The minimum Gasteiger partial charge on any atom is -0.387 e. The number of pyridine rings is 1. The molecule has 2 heterocycles. The zero-order chi connectivity index (χ0) is 10.1.